The molecule has 420 valence electrons. The number of unbranched alkanes of at least 4 members (excludes halogenated alkanes) is 1. The highest BCUT2D eigenvalue weighted by Gasteiger charge is 2.33. The van der Waals surface area contributed by atoms with Gasteiger partial charge in [-0.05, 0) is 62.5 Å². The number of nitrogens with two attached hydrogens (primary N) is 2. The fraction of sp³-hybridized carbons (Fsp3) is 0.562. The van der Waals surface area contributed by atoms with Crippen molar-refractivity contribution in [1.29, 1.82) is 0 Å². The van der Waals surface area contributed by atoms with Crippen molar-refractivity contribution in [3.63, 3.8) is 0 Å². The summed E-state index contributed by atoms with van der Waals surface area (Å²) >= 11 is 0. The average molecular weight is 1070 g/mol. The van der Waals surface area contributed by atoms with Crippen molar-refractivity contribution in [3.8, 4) is 0 Å². The Labute approximate surface area is 438 Å². The molecule has 7 atom stereocenters. The molecule has 0 fully saturated rings. The van der Waals surface area contributed by atoms with Crippen LogP contribution in [0.15, 0.2) is 42.9 Å². The predicted molar refractivity (Wildman–Crippen MR) is 270 cm³/mol. The highest BCUT2D eigenvalue weighted by molar-refractivity contribution is 5.97. The molecule has 1 heterocycles. The van der Waals surface area contributed by atoms with Gasteiger partial charge in [0.25, 0.3) is 0 Å². The van der Waals surface area contributed by atoms with Crippen molar-refractivity contribution in [1.82, 2.24) is 57.8 Å². The Kier molecular flexibility index (Phi) is 28.5. The number of hydrogen-bond acceptors (Lipinski definition) is 15. The topological polar surface area (TPSA) is 455 Å². The minimum atomic E-state index is -1.57. The van der Waals surface area contributed by atoms with E-state index in [0.717, 1.165) is 0 Å². The number of aliphatic carboxylic acids is 3. The highest BCUT2D eigenvalue weighted by Crippen LogP contribution is 2.10. The van der Waals surface area contributed by atoms with E-state index in [2.05, 4.69) is 57.8 Å². The summed E-state index contributed by atoms with van der Waals surface area (Å²) in [5, 5.41) is 49.7. The van der Waals surface area contributed by atoms with Crippen molar-refractivity contribution in [2.75, 3.05) is 26.2 Å². The molecule has 2 rings (SSSR count). The number of aromatic nitrogens is 2. The Morgan fingerprint density at radius 3 is 1.55 bits per heavy atom. The Morgan fingerprint density at radius 1 is 0.566 bits per heavy atom. The second-order valence-electron chi connectivity index (χ2n) is 18.5. The number of carboxylic acid groups (broad SMARTS) is 3. The lowest BCUT2D eigenvalue weighted by Crippen LogP contribution is -2.58. The Bertz CT molecular complexity index is 2280. The molecule has 0 aliphatic rings. The molecule has 0 aliphatic heterocycles. The maximum atomic E-state index is 14.1. The number of carbonyl (C=O) groups is 12. The van der Waals surface area contributed by atoms with E-state index in [1.807, 2.05) is 13.8 Å². The van der Waals surface area contributed by atoms with Gasteiger partial charge in [0, 0.05) is 31.9 Å². The molecule has 0 unspecified atom stereocenters. The third-order valence-electron chi connectivity index (χ3n) is 11.3. The zero-order valence-corrected chi connectivity index (χ0v) is 43.0. The van der Waals surface area contributed by atoms with Crippen LogP contribution in [0.5, 0.6) is 0 Å². The van der Waals surface area contributed by atoms with Crippen LogP contribution in [-0.4, -0.2) is 165 Å². The van der Waals surface area contributed by atoms with Gasteiger partial charge in [-0.1, -0.05) is 58.0 Å². The molecule has 0 saturated carbocycles. The first kappa shape index (κ1) is 64.1. The first-order valence-electron chi connectivity index (χ1n) is 24.7. The number of carbonyl (C=O) groups excluding carboxylic acids is 9. The van der Waals surface area contributed by atoms with Crippen LogP contribution >= 0.6 is 0 Å². The van der Waals surface area contributed by atoms with Gasteiger partial charge in [-0.2, -0.15) is 0 Å². The van der Waals surface area contributed by atoms with Gasteiger partial charge in [-0.3, -0.25) is 52.7 Å². The maximum Gasteiger partial charge on any atom is 0.326 e. The van der Waals surface area contributed by atoms with Gasteiger partial charge >= 0.3 is 17.9 Å². The molecule has 0 saturated heterocycles. The van der Waals surface area contributed by atoms with Crippen molar-refractivity contribution >= 4 is 71.1 Å². The summed E-state index contributed by atoms with van der Waals surface area (Å²) in [6.07, 6.45) is 1.61. The van der Waals surface area contributed by atoms with E-state index in [4.69, 9.17) is 16.6 Å². The molecular formula is C48H73N13O15. The van der Waals surface area contributed by atoms with Crippen molar-refractivity contribution < 1.29 is 72.9 Å². The van der Waals surface area contributed by atoms with Gasteiger partial charge in [-0.15, -0.1) is 0 Å². The number of carboxylic acids is 3. The van der Waals surface area contributed by atoms with Crippen LogP contribution < -0.4 is 59.3 Å². The molecule has 1 aromatic heterocycles. The maximum absolute atomic E-state index is 14.1. The SMILES string of the molecule is CC(C)C[C@H](N)C(=O)NCC(=O)N[C@@H](CCC(=O)O)C(=O)NCC(=O)N[C@@H](Cc1c[nH]cn1)C(=O)N[C@@H](Cc1ccccc1)C(=O)NCC(=O)N[C@@H](CCCCN)C(=O)N[C@H](C(=O)N[C@@H](CCC(=O)O)C(=O)O)C(C)C. The van der Waals surface area contributed by atoms with Crippen LogP contribution in [0.2, 0.25) is 0 Å². The number of aromatic amines is 1. The molecule has 28 heteroatoms. The standard InChI is InChI=1S/C48H73N13O15/c1-26(2)18-30(50)42(69)52-22-36(62)57-32(13-15-39(65)66)43(70)53-24-38(64)58-35(20-29-21-51-25-55-29)46(73)60-34(19-28-10-6-5-7-11-28)44(71)54-23-37(63)56-31(12-8-9-17-49)45(72)61-41(27(3)4)47(74)59-33(48(75)76)14-16-40(67)68/h5-7,10-11,21,25-27,30-35,41H,8-9,12-20,22-24,49-50H2,1-4H3,(H,51,55)(H,52,69)(H,53,70)(H,54,71)(H,56,63)(H,57,62)(H,58,64)(H,59,74)(H,60,73)(H,61,72)(H,65,66)(H,67,68)(H,75,76)/t30-,31-,32-,33-,34-,35-,41-/m0/s1. The van der Waals surface area contributed by atoms with E-state index < -0.39 is 165 Å². The third-order valence-corrected chi connectivity index (χ3v) is 11.3. The number of nitrogens with one attached hydrogen (secondary N) is 10. The Morgan fingerprint density at radius 2 is 1.05 bits per heavy atom. The number of nitrogens with zero attached hydrogens (tertiary/aromatic N) is 1. The summed E-state index contributed by atoms with van der Waals surface area (Å²) < 4.78 is 0. The molecule has 0 aliphatic carbocycles. The predicted octanol–water partition coefficient (Wildman–Crippen LogP) is -3.58. The molecule has 0 radical (unpaired) electrons. The van der Waals surface area contributed by atoms with Gasteiger partial charge in [0.1, 0.15) is 36.3 Å². The van der Waals surface area contributed by atoms with Gasteiger partial charge < -0.3 is 79.6 Å². The molecule has 1 aromatic carbocycles. The van der Waals surface area contributed by atoms with Crippen LogP contribution in [-0.2, 0) is 70.4 Å². The minimum absolute atomic E-state index is 0.0302. The van der Waals surface area contributed by atoms with Gasteiger partial charge in [0.15, 0.2) is 0 Å². The lowest BCUT2D eigenvalue weighted by Gasteiger charge is -2.27. The van der Waals surface area contributed by atoms with E-state index in [-0.39, 0.29) is 31.7 Å². The Balaban J connectivity index is 2.24. The molecule has 0 bridgehead atoms. The number of benzene rings is 1. The van der Waals surface area contributed by atoms with Gasteiger partial charge in [-0.25, -0.2) is 9.78 Å². The molecule has 28 nitrogen and oxygen atoms in total. The highest BCUT2D eigenvalue weighted by atomic mass is 16.4. The number of H-pyrrole nitrogens is 1. The fourth-order valence-electron chi connectivity index (χ4n) is 7.26. The summed E-state index contributed by atoms with van der Waals surface area (Å²) in [5.74, 6) is -12.3. The summed E-state index contributed by atoms with van der Waals surface area (Å²) in [5.41, 5.74) is 12.4. The summed E-state index contributed by atoms with van der Waals surface area (Å²) in [7, 11) is 0. The summed E-state index contributed by atoms with van der Waals surface area (Å²) in [6.45, 7) is 5.02. The average Bonchev–Trinajstić information content (AvgIpc) is 3.88. The number of rotatable bonds is 36. The monoisotopic (exact) mass is 1070 g/mol. The molecule has 2 aromatic rings. The van der Waals surface area contributed by atoms with Gasteiger partial charge in [0.05, 0.1) is 37.7 Å². The van der Waals surface area contributed by atoms with Crippen LogP contribution in [0.4, 0.5) is 0 Å². The largest absolute Gasteiger partial charge is 0.481 e. The van der Waals surface area contributed by atoms with Crippen molar-refractivity contribution in [3.05, 3.63) is 54.1 Å². The zero-order valence-electron chi connectivity index (χ0n) is 43.0. The molecule has 76 heavy (non-hydrogen) atoms. The number of imidazole rings is 1. The minimum Gasteiger partial charge on any atom is -0.481 e. The number of amides is 9. The van der Waals surface area contributed by atoms with Crippen LogP contribution in [0.3, 0.4) is 0 Å². The van der Waals surface area contributed by atoms with E-state index >= 15 is 0 Å². The molecular weight excluding hydrogens is 999 g/mol. The number of hydrogen-bond donors (Lipinski definition) is 15. The summed E-state index contributed by atoms with van der Waals surface area (Å²) in [6, 6.07) is -0.948. The van der Waals surface area contributed by atoms with E-state index in [9.17, 15) is 67.7 Å². The molecule has 0 spiro atoms. The zero-order chi connectivity index (χ0) is 56.9. The van der Waals surface area contributed by atoms with Crippen LogP contribution in [0, 0.1) is 11.8 Å². The van der Waals surface area contributed by atoms with Crippen LogP contribution in [0.25, 0.3) is 0 Å². The second-order valence-corrected chi connectivity index (χ2v) is 18.5. The smallest absolute Gasteiger partial charge is 0.326 e. The van der Waals surface area contributed by atoms with E-state index in [1.54, 1.807) is 44.2 Å². The van der Waals surface area contributed by atoms with Crippen LogP contribution in [0.1, 0.15) is 90.3 Å². The second kappa shape index (κ2) is 33.7. The third kappa shape index (κ3) is 25.3. The Hall–Kier alpha value is -8.01. The van der Waals surface area contributed by atoms with Crippen molar-refractivity contribution in [2.24, 2.45) is 23.3 Å². The normalized spacial score (nSPS) is 13.7. The lowest BCUT2D eigenvalue weighted by atomic mass is 10.0. The van der Waals surface area contributed by atoms with E-state index in [0.29, 0.717) is 30.5 Å². The fourth-order valence-corrected chi connectivity index (χ4v) is 7.26. The van der Waals surface area contributed by atoms with E-state index in [1.165, 1.54) is 12.5 Å². The van der Waals surface area contributed by atoms with Gasteiger partial charge in [0.2, 0.25) is 53.2 Å². The molecule has 9 amide bonds. The molecule has 17 N–H and O–H groups in total. The first-order chi connectivity index (χ1) is 35.9. The van der Waals surface area contributed by atoms with Crippen molar-refractivity contribution in [2.45, 2.75) is 134 Å². The quantitative estimate of drug-likeness (QED) is 0.0294. The lowest BCUT2D eigenvalue weighted by molar-refractivity contribution is -0.144. The first-order valence-corrected chi connectivity index (χ1v) is 24.7. The summed E-state index contributed by atoms with van der Waals surface area (Å²) in [4.78, 5) is 161.